The summed E-state index contributed by atoms with van der Waals surface area (Å²) in [6, 6.07) is 0. The highest BCUT2D eigenvalue weighted by molar-refractivity contribution is 5.74. The lowest BCUT2D eigenvalue weighted by Gasteiger charge is -2.40. The molecule has 0 bridgehead atoms. The normalized spacial score (nSPS) is 19.0. The van der Waals surface area contributed by atoms with Crippen LogP contribution in [0.5, 0.6) is 0 Å². The Morgan fingerprint density at radius 1 is 0.479 bits per heavy atom. The number of rotatable bonds is 46. The van der Waals surface area contributed by atoms with Crippen LogP contribution >= 0.6 is 0 Å². The van der Waals surface area contributed by atoms with Crippen LogP contribution in [-0.2, 0) is 42.9 Å². The molecule has 1 aliphatic rings. The second-order valence-electron chi connectivity index (χ2n) is 18.8. The first kappa shape index (κ1) is 65.2. The molecule has 0 saturated carbocycles. The lowest BCUT2D eigenvalue weighted by atomic mass is 9.98. The molecular formula is C59H98O12. The van der Waals surface area contributed by atoms with Gasteiger partial charge < -0.3 is 39.0 Å². The Balaban J connectivity index is 2.75. The standard InChI is InChI=1S/C59H98O12/c1-4-7-10-13-16-19-22-25-26-29-30-33-36-39-42-45-51(60)67-48-50(69-52(61)46-43-40-37-34-31-27-23-20-17-14-11-8-5-2)49-68-59-57(55(64)54(63)56(71-59)58(65)66)70-53(62)47-44-41-38-35-32-28-24-21-18-15-12-9-6-3/h9,12,16,18-21,23,25-26,28,32,50,54-57,59,63-64H,4-8,10-11,13-15,17,22,24,27,29-31,33-49H2,1-3H3,(H,65,66)/b12-9-,19-16-,21-18-,23-20-,26-25-,32-28-. The molecule has 71 heavy (non-hydrogen) atoms. The molecule has 0 aliphatic carbocycles. The second-order valence-corrected chi connectivity index (χ2v) is 18.8. The molecule has 12 nitrogen and oxygen atoms in total. The van der Waals surface area contributed by atoms with Crippen molar-refractivity contribution in [3.05, 3.63) is 72.9 Å². The Labute approximate surface area is 429 Å². The molecule has 0 aromatic rings. The van der Waals surface area contributed by atoms with E-state index in [-0.39, 0.29) is 25.9 Å². The number of ether oxygens (including phenoxy) is 5. The predicted octanol–water partition coefficient (Wildman–Crippen LogP) is 13.8. The summed E-state index contributed by atoms with van der Waals surface area (Å²) in [6.45, 7) is 5.78. The first-order chi connectivity index (χ1) is 34.6. The molecule has 1 heterocycles. The maximum atomic E-state index is 13.1. The molecule has 406 valence electrons. The topological polar surface area (TPSA) is 175 Å². The van der Waals surface area contributed by atoms with E-state index in [0.717, 1.165) is 122 Å². The molecular weight excluding hydrogens is 901 g/mol. The number of allylic oxidation sites excluding steroid dienone is 12. The summed E-state index contributed by atoms with van der Waals surface area (Å²) in [5.74, 6) is -3.19. The van der Waals surface area contributed by atoms with Crippen LogP contribution in [0.15, 0.2) is 72.9 Å². The number of hydrogen-bond donors (Lipinski definition) is 3. The molecule has 0 aromatic heterocycles. The van der Waals surface area contributed by atoms with Gasteiger partial charge in [0.15, 0.2) is 24.6 Å². The quantitative estimate of drug-likeness (QED) is 0.0228. The van der Waals surface area contributed by atoms with Gasteiger partial charge in [-0.2, -0.15) is 0 Å². The number of carbonyl (C=O) groups is 4. The number of esters is 3. The third kappa shape index (κ3) is 37.6. The van der Waals surface area contributed by atoms with Crippen molar-refractivity contribution in [3.63, 3.8) is 0 Å². The van der Waals surface area contributed by atoms with E-state index in [0.29, 0.717) is 19.3 Å². The summed E-state index contributed by atoms with van der Waals surface area (Å²) < 4.78 is 28.3. The Morgan fingerprint density at radius 2 is 0.887 bits per heavy atom. The van der Waals surface area contributed by atoms with Crippen LogP contribution in [0.25, 0.3) is 0 Å². The van der Waals surface area contributed by atoms with E-state index in [1.165, 1.54) is 44.9 Å². The highest BCUT2D eigenvalue weighted by Crippen LogP contribution is 2.26. The van der Waals surface area contributed by atoms with Gasteiger partial charge >= 0.3 is 23.9 Å². The Kier molecular flexibility index (Phi) is 43.3. The van der Waals surface area contributed by atoms with Gasteiger partial charge in [0.05, 0.1) is 6.61 Å². The van der Waals surface area contributed by atoms with Crippen molar-refractivity contribution in [1.82, 2.24) is 0 Å². The summed E-state index contributed by atoms with van der Waals surface area (Å²) >= 11 is 0. The number of unbranched alkanes of at least 4 members (excludes halogenated alkanes) is 20. The fraction of sp³-hybridized carbons (Fsp3) is 0.729. The summed E-state index contributed by atoms with van der Waals surface area (Å²) in [5.41, 5.74) is 0. The number of aliphatic hydroxyl groups excluding tert-OH is 2. The van der Waals surface area contributed by atoms with Crippen molar-refractivity contribution >= 4 is 23.9 Å². The van der Waals surface area contributed by atoms with Gasteiger partial charge in [-0.1, -0.05) is 171 Å². The average Bonchev–Trinajstić information content (AvgIpc) is 3.35. The highest BCUT2D eigenvalue weighted by atomic mass is 16.7. The number of aliphatic hydroxyl groups is 2. The van der Waals surface area contributed by atoms with Crippen LogP contribution in [-0.4, -0.2) is 89.2 Å². The van der Waals surface area contributed by atoms with Gasteiger partial charge in [0.1, 0.15) is 18.8 Å². The Morgan fingerprint density at radius 3 is 1.41 bits per heavy atom. The van der Waals surface area contributed by atoms with Gasteiger partial charge in [-0.3, -0.25) is 14.4 Å². The molecule has 0 aromatic carbocycles. The summed E-state index contributed by atoms with van der Waals surface area (Å²) in [6.07, 6.45) is 45.9. The van der Waals surface area contributed by atoms with Crippen LogP contribution in [0.3, 0.4) is 0 Å². The van der Waals surface area contributed by atoms with Crippen LogP contribution < -0.4 is 0 Å². The maximum absolute atomic E-state index is 13.1. The smallest absolute Gasteiger partial charge is 0.335 e. The van der Waals surface area contributed by atoms with Crippen molar-refractivity contribution in [2.75, 3.05) is 13.2 Å². The van der Waals surface area contributed by atoms with E-state index in [9.17, 15) is 34.5 Å². The molecule has 3 N–H and O–H groups in total. The highest BCUT2D eigenvalue weighted by Gasteiger charge is 2.50. The van der Waals surface area contributed by atoms with Crippen LogP contribution in [0.1, 0.15) is 226 Å². The number of carbonyl (C=O) groups excluding carboxylic acids is 3. The van der Waals surface area contributed by atoms with Gasteiger partial charge in [0.25, 0.3) is 0 Å². The number of carboxylic acid groups (broad SMARTS) is 1. The van der Waals surface area contributed by atoms with Gasteiger partial charge in [-0.05, 0) is 109 Å². The molecule has 1 rings (SSSR count). The zero-order valence-corrected chi connectivity index (χ0v) is 44.4. The van der Waals surface area contributed by atoms with Crippen molar-refractivity contribution in [2.45, 2.75) is 263 Å². The van der Waals surface area contributed by atoms with E-state index >= 15 is 0 Å². The van der Waals surface area contributed by atoms with Gasteiger partial charge in [0.2, 0.25) is 0 Å². The molecule has 6 unspecified atom stereocenters. The van der Waals surface area contributed by atoms with Crippen molar-refractivity contribution < 1.29 is 58.2 Å². The van der Waals surface area contributed by atoms with Crippen molar-refractivity contribution in [2.24, 2.45) is 0 Å². The number of hydrogen-bond acceptors (Lipinski definition) is 11. The molecule has 1 saturated heterocycles. The first-order valence-electron chi connectivity index (χ1n) is 27.9. The van der Waals surface area contributed by atoms with Gasteiger partial charge in [0, 0.05) is 19.3 Å². The third-order valence-electron chi connectivity index (χ3n) is 12.2. The van der Waals surface area contributed by atoms with E-state index in [1.807, 2.05) is 0 Å². The lowest BCUT2D eigenvalue weighted by molar-refractivity contribution is -0.301. The summed E-state index contributed by atoms with van der Waals surface area (Å²) in [7, 11) is 0. The van der Waals surface area contributed by atoms with E-state index in [4.69, 9.17) is 23.7 Å². The lowest BCUT2D eigenvalue weighted by Crippen LogP contribution is -2.61. The summed E-state index contributed by atoms with van der Waals surface area (Å²) in [5, 5.41) is 31.4. The molecule has 12 heteroatoms. The predicted molar refractivity (Wildman–Crippen MR) is 285 cm³/mol. The average molecular weight is 999 g/mol. The fourth-order valence-electron chi connectivity index (χ4n) is 7.93. The number of aliphatic carboxylic acids is 1. The van der Waals surface area contributed by atoms with Gasteiger partial charge in [-0.25, -0.2) is 4.79 Å². The Hall–Kier alpha value is -3.84. The molecule has 6 atom stereocenters. The van der Waals surface area contributed by atoms with Crippen LogP contribution in [0, 0.1) is 0 Å². The molecule has 0 spiro atoms. The minimum absolute atomic E-state index is 0.0211. The van der Waals surface area contributed by atoms with Crippen LogP contribution in [0.2, 0.25) is 0 Å². The second kappa shape index (κ2) is 47.2. The first-order valence-corrected chi connectivity index (χ1v) is 27.9. The Bertz CT molecular complexity index is 1510. The summed E-state index contributed by atoms with van der Waals surface area (Å²) in [4.78, 5) is 51.0. The molecule has 1 fully saturated rings. The van der Waals surface area contributed by atoms with E-state index in [1.54, 1.807) is 0 Å². The SMILES string of the molecule is CC/C=C\C/C=C\C/C=C\CCCCCC(=O)OC1C(OCC(COC(=O)CCCCCCC/C=C\C/C=C\CCCCC)OC(=O)CCCCCCC/C=C\CCCCCC)OC(C(=O)O)C(O)C1O. The van der Waals surface area contributed by atoms with Crippen molar-refractivity contribution in [3.8, 4) is 0 Å². The monoisotopic (exact) mass is 999 g/mol. The zero-order valence-electron chi connectivity index (χ0n) is 44.4. The van der Waals surface area contributed by atoms with E-state index < -0.39 is 67.3 Å². The minimum Gasteiger partial charge on any atom is -0.479 e. The molecule has 0 amide bonds. The largest absolute Gasteiger partial charge is 0.479 e. The molecule has 0 radical (unpaired) electrons. The van der Waals surface area contributed by atoms with Crippen LogP contribution in [0.4, 0.5) is 0 Å². The van der Waals surface area contributed by atoms with Crippen molar-refractivity contribution in [1.29, 1.82) is 0 Å². The van der Waals surface area contributed by atoms with E-state index in [2.05, 4.69) is 93.7 Å². The van der Waals surface area contributed by atoms with Gasteiger partial charge in [-0.15, -0.1) is 0 Å². The third-order valence-corrected chi connectivity index (χ3v) is 12.2. The zero-order chi connectivity index (χ0) is 51.8. The fourth-order valence-corrected chi connectivity index (χ4v) is 7.93. The minimum atomic E-state index is -1.92. The number of carboxylic acids is 1. The molecule has 1 aliphatic heterocycles. The maximum Gasteiger partial charge on any atom is 0.335 e.